The van der Waals surface area contributed by atoms with Crippen LogP contribution in [0.2, 0.25) is 0 Å². The summed E-state index contributed by atoms with van der Waals surface area (Å²) in [6.45, 7) is 4.35. The Hall–Kier alpha value is -1.84. The zero-order chi connectivity index (χ0) is 15.5. The summed E-state index contributed by atoms with van der Waals surface area (Å²) in [6, 6.07) is 8.10. The summed E-state index contributed by atoms with van der Waals surface area (Å²) in [4.78, 5) is 28.6. The average molecular weight is 300 g/mol. The summed E-state index contributed by atoms with van der Waals surface area (Å²) in [6.07, 6.45) is 4.74. The number of nitrogens with zero attached hydrogens (tertiary/aromatic N) is 2. The van der Waals surface area contributed by atoms with Crippen molar-refractivity contribution in [3.8, 4) is 0 Å². The molecule has 2 saturated heterocycles. The van der Waals surface area contributed by atoms with Crippen molar-refractivity contribution < 1.29 is 9.59 Å². The van der Waals surface area contributed by atoms with E-state index in [0.29, 0.717) is 13.0 Å². The zero-order valence-electron chi connectivity index (χ0n) is 13.3. The molecule has 2 amide bonds. The molecule has 4 heteroatoms. The highest BCUT2D eigenvalue weighted by molar-refractivity contribution is 6.00. The van der Waals surface area contributed by atoms with E-state index in [0.717, 1.165) is 38.0 Å². The first-order valence-electron chi connectivity index (χ1n) is 8.37. The highest BCUT2D eigenvalue weighted by Gasteiger charge is 2.37. The summed E-state index contributed by atoms with van der Waals surface area (Å²) < 4.78 is 0. The van der Waals surface area contributed by atoms with Gasteiger partial charge in [0.15, 0.2) is 0 Å². The minimum Gasteiger partial charge on any atom is -0.342 e. The van der Waals surface area contributed by atoms with Gasteiger partial charge >= 0.3 is 0 Å². The largest absolute Gasteiger partial charge is 0.342 e. The summed E-state index contributed by atoms with van der Waals surface area (Å²) >= 11 is 0. The second-order valence-corrected chi connectivity index (χ2v) is 6.31. The van der Waals surface area contributed by atoms with E-state index in [2.05, 4.69) is 19.1 Å². The van der Waals surface area contributed by atoms with E-state index in [1.807, 2.05) is 17.0 Å². The Morgan fingerprint density at radius 3 is 2.45 bits per heavy atom. The maximum Gasteiger partial charge on any atom is 0.228 e. The van der Waals surface area contributed by atoms with E-state index in [9.17, 15) is 9.59 Å². The normalized spacial score (nSPS) is 22.2. The number of rotatable bonds is 3. The highest BCUT2D eigenvalue weighted by atomic mass is 16.2. The van der Waals surface area contributed by atoms with Crippen LogP contribution >= 0.6 is 0 Å². The van der Waals surface area contributed by atoms with Crippen molar-refractivity contribution in [2.75, 3.05) is 24.5 Å². The number of amides is 2. The molecule has 2 aliphatic rings. The molecular weight excluding hydrogens is 276 g/mol. The van der Waals surface area contributed by atoms with Gasteiger partial charge in [-0.15, -0.1) is 0 Å². The third-order valence-electron chi connectivity index (χ3n) is 4.80. The number of carbonyl (C=O) groups excluding carboxylic acids is 2. The fourth-order valence-corrected chi connectivity index (χ4v) is 3.41. The van der Waals surface area contributed by atoms with E-state index in [1.54, 1.807) is 4.90 Å². The predicted octanol–water partition coefficient (Wildman–Crippen LogP) is 2.61. The smallest absolute Gasteiger partial charge is 0.228 e. The second kappa shape index (κ2) is 6.51. The maximum absolute atomic E-state index is 12.6. The van der Waals surface area contributed by atoms with Crippen molar-refractivity contribution in [3.63, 3.8) is 0 Å². The van der Waals surface area contributed by atoms with E-state index in [4.69, 9.17) is 0 Å². The molecule has 2 heterocycles. The molecule has 0 aliphatic carbocycles. The first kappa shape index (κ1) is 15.1. The molecular formula is C18H24N2O2. The number of likely N-dealkylation sites (tertiary alicyclic amines) is 1. The van der Waals surface area contributed by atoms with E-state index < -0.39 is 0 Å². The molecule has 22 heavy (non-hydrogen) atoms. The van der Waals surface area contributed by atoms with E-state index in [1.165, 1.54) is 12.0 Å². The lowest BCUT2D eigenvalue weighted by atomic mass is 10.0. The molecule has 0 saturated carbocycles. The number of carbonyl (C=O) groups is 2. The standard InChI is InChI=1S/C18H24N2O2/c1-2-14-6-8-16(9-7-14)20-13-15(12-17(20)21)18(22)19-10-4-3-5-11-19/h6-9,15H,2-5,10-13H2,1H3. The van der Waals surface area contributed by atoms with Gasteiger partial charge in [0.2, 0.25) is 11.8 Å². The Morgan fingerprint density at radius 2 is 1.82 bits per heavy atom. The molecule has 2 fully saturated rings. The van der Waals surface area contributed by atoms with Crippen LogP contribution in [0.3, 0.4) is 0 Å². The fraction of sp³-hybridized carbons (Fsp3) is 0.556. The first-order valence-corrected chi connectivity index (χ1v) is 8.37. The van der Waals surface area contributed by atoms with Crippen LogP contribution in [0, 0.1) is 5.92 Å². The molecule has 0 radical (unpaired) electrons. The molecule has 1 unspecified atom stereocenters. The van der Waals surface area contributed by atoms with Gasteiger partial charge in [0.1, 0.15) is 0 Å². The van der Waals surface area contributed by atoms with Gasteiger partial charge < -0.3 is 9.80 Å². The number of anilines is 1. The predicted molar refractivity (Wildman–Crippen MR) is 86.7 cm³/mol. The van der Waals surface area contributed by atoms with Crippen LogP contribution in [0.1, 0.15) is 38.2 Å². The lowest BCUT2D eigenvalue weighted by molar-refractivity contribution is -0.136. The Labute approximate surface area is 132 Å². The molecule has 0 N–H and O–H groups in total. The summed E-state index contributed by atoms with van der Waals surface area (Å²) in [5.74, 6) is 0.0665. The van der Waals surface area contributed by atoms with E-state index >= 15 is 0 Å². The lowest BCUT2D eigenvalue weighted by Crippen LogP contribution is -2.40. The fourth-order valence-electron chi connectivity index (χ4n) is 3.41. The van der Waals surface area contributed by atoms with Crippen molar-refractivity contribution in [2.24, 2.45) is 5.92 Å². The molecule has 1 aromatic carbocycles. The molecule has 1 aromatic rings. The molecule has 4 nitrogen and oxygen atoms in total. The van der Waals surface area contributed by atoms with Crippen LogP contribution in [0.4, 0.5) is 5.69 Å². The number of hydrogen-bond donors (Lipinski definition) is 0. The highest BCUT2D eigenvalue weighted by Crippen LogP contribution is 2.27. The van der Waals surface area contributed by atoms with Crippen molar-refractivity contribution in [3.05, 3.63) is 29.8 Å². The van der Waals surface area contributed by atoms with Gasteiger partial charge in [0.05, 0.1) is 5.92 Å². The van der Waals surface area contributed by atoms with Crippen molar-refractivity contribution >= 4 is 17.5 Å². The summed E-state index contributed by atoms with van der Waals surface area (Å²) in [5.41, 5.74) is 2.17. The zero-order valence-corrected chi connectivity index (χ0v) is 13.3. The van der Waals surface area contributed by atoms with Crippen LogP contribution in [-0.2, 0) is 16.0 Å². The van der Waals surface area contributed by atoms with Gasteiger partial charge in [0.25, 0.3) is 0 Å². The third-order valence-corrected chi connectivity index (χ3v) is 4.80. The van der Waals surface area contributed by atoms with Crippen LogP contribution in [-0.4, -0.2) is 36.3 Å². The Kier molecular flexibility index (Phi) is 4.46. The Morgan fingerprint density at radius 1 is 1.14 bits per heavy atom. The third kappa shape index (κ3) is 3.01. The first-order chi connectivity index (χ1) is 10.7. The van der Waals surface area contributed by atoms with Gasteiger partial charge in [-0.3, -0.25) is 9.59 Å². The van der Waals surface area contributed by atoms with Crippen LogP contribution < -0.4 is 4.90 Å². The number of hydrogen-bond acceptors (Lipinski definition) is 2. The molecule has 118 valence electrons. The van der Waals surface area contributed by atoms with Crippen LogP contribution in [0.15, 0.2) is 24.3 Å². The Bertz CT molecular complexity index is 547. The SMILES string of the molecule is CCc1ccc(N2CC(C(=O)N3CCCCC3)CC2=O)cc1. The van der Waals surface area contributed by atoms with Crippen LogP contribution in [0.5, 0.6) is 0 Å². The number of benzene rings is 1. The minimum absolute atomic E-state index is 0.0691. The van der Waals surface area contributed by atoms with Gasteiger partial charge in [-0.25, -0.2) is 0 Å². The van der Waals surface area contributed by atoms with Crippen molar-refractivity contribution in [1.29, 1.82) is 0 Å². The van der Waals surface area contributed by atoms with Crippen molar-refractivity contribution in [1.82, 2.24) is 4.90 Å². The maximum atomic E-state index is 12.6. The lowest BCUT2D eigenvalue weighted by Gasteiger charge is -2.29. The number of aryl methyl sites for hydroxylation is 1. The molecule has 0 bridgehead atoms. The molecule has 1 atom stereocenters. The average Bonchev–Trinajstić information content (AvgIpc) is 2.97. The topological polar surface area (TPSA) is 40.6 Å². The van der Waals surface area contributed by atoms with E-state index in [-0.39, 0.29) is 17.7 Å². The van der Waals surface area contributed by atoms with Gasteiger partial charge in [-0.1, -0.05) is 19.1 Å². The van der Waals surface area contributed by atoms with Gasteiger partial charge in [-0.2, -0.15) is 0 Å². The summed E-state index contributed by atoms with van der Waals surface area (Å²) in [5, 5.41) is 0. The quantitative estimate of drug-likeness (QED) is 0.861. The van der Waals surface area contributed by atoms with Gasteiger partial charge in [0, 0.05) is 31.7 Å². The summed E-state index contributed by atoms with van der Waals surface area (Å²) in [7, 11) is 0. The van der Waals surface area contributed by atoms with Crippen molar-refractivity contribution in [2.45, 2.75) is 39.0 Å². The second-order valence-electron chi connectivity index (χ2n) is 6.31. The minimum atomic E-state index is -0.170. The van der Waals surface area contributed by atoms with Gasteiger partial charge in [-0.05, 0) is 43.4 Å². The Balaban J connectivity index is 1.68. The molecule has 3 rings (SSSR count). The molecule has 2 aliphatic heterocycles. The van der Waals surface area contributed by atoms with Crippen LogP contribution in [0.25, 0.3) is 0 Å². The monoisotopic (exact) mass is 300 g/mol. The molecule has 0 spiro atoms. The molecule has 0 aromatic heterocycles. The number of piperidine rings is 1.